The molecule has 1 N–H and O–H groups in total. The van der Waals surface area contributed by atoms with E-state index in [0.29, 0.717) is 13.1 Å². The monoisotopic (exact) mass is 302 g/mol. The molecule has 0 spiro atoms. The van der Waals surface area contributed by atoms with E-state index in [9.17, 15) is 9.90 Å². The summed E-state index contributed by atoms with van der Waals surface area (Å²) in [6.07, 6.45) is 2.40. The fourth-order valence-corrected chi connectivity index (χ4v) is 3.32. The van der Waals surface area contributed by atoms with Crippen LogP contribution in [0.2, 0.25) is 0 Å². The van der Waals surface area contributed by atoms with E-state index in [2.05, 4.69) is 17.0 Å². The van der Waals surface area contributed by atoms with E-state index in [4.69, 9.17) is 0 Å². The highest BCUT2D eigenvalue weighted by atomic mass is 16.3. The predicted molar refractivity (Wildman–Crippen MR) is 88.3 cm³/mol. The molecule has 2 saturated heterocycles. The van der Waals surface area contributed by atoms with Crippen molar-refractivity contribution in [3.63, 3.8) is 0 Å². The first-order valence-corrected chi connectivity index (χ1v) is 8.23. The average Bonchev–Trinajstić information content (AvgIpc) is 2.88. The van der Waals surface area contributed by atoms with Gasteiger partial charge < -0.3 is 14.9 Å². The van der Waals surface area contributed by atoms with Gasteiger partial charge in [-0.1, -0.05) is 11.6 Å². The summed E-state index contributed by atoms with van der Waals surface area (Å²) in [5, 5.41) is 10.0. The van der Waals surface area contributed by atoms with E-state index in [1.165, 1.54) is 12.8 Å². The zero-order valence-corrected chi connectivity index (χ0v) is 13.8. The predicted octanol–water partition coefficient (Wildman–Crippen LogP) is 2.44. The van der Waals surface area contributed by atoms with Gasteiger partial charge in [-0.15, -0.1) is 0 Å². The lowest BCUT2D eigenvalue weighted by molar-refractivity contribution is -0.0506. The van der Waals surface area contributed by atoms with Crippen molar-refractivity contribution in [1.29, 1.82) is 0 Å². The summed E-state index contributed by atoms with van der Waals surface area (Å²) in [6, 6.07) is 6.18. The Morgan fingerprint density at radius 1 is 1.23 bits per heavy atom. The van der Waals surface area contributed by atoms with Crippen LogP contribution < -0.4 is 4.90 Å². The molecule has 0 aromatic heterocycles. The van der Waals surface area contributed by atoms with E-state index in [0.717, 1.165) is 29.9 Å². The van der Waals surface area contributed by atoms with Crippen LogP contribution in [-0.4, -0.2) is 47.7 Å². The molecule has 2 fully saturated rings. The van der Waals surface area contributed by atoms with Crippen molar-refractivity contribution in [3.8, 4) is 0 Å². The molecule has 0 aliphatic carbocycles. The number of nitrogens with zero attached hydrogens (tertiary/aromatic N) is 2. The number of likely N-dealkylation sites (tertiary alicyclic amines) is 1. The fourth-order valence-electron chi connectivity index (χ4n) is 3.32. The second kappa shape index (κ2) is 5.58. The lowest BCUT2D eigenvalue weighted by Crippen LogP contribution is -2.57. The van der Waals surface area contributed by atoms with Crippen LogP contribution in [-0.2, 0) is 0 Å². The van der Waals surface area contributed by atoms with Gasteiger partial charge in [0.1, 0.15) is 0 Å². The summed E-state index contributed by atoms with van der Waals surface area (Å²) in [6.45, 7) is 9.04. The van der Waals surface area contributed by atoms with Gasteiger partial charge in [0, 0.05) is 37.8 Å². The van der Waals surface area contributed by atoms with Crippen LogP contribution in [0.4, 0.5) is 5.69 Å². The van der Waals surface area contributed by atoms with Crippen LogP contribution >= 0.6 is 0 Å². The number of amides is 1. The van der Waals surface area contributed by atoms with E-state index < -0.39 is 5.60 Å². The molecule has 4 heteroatoms. The molecule has 0 unspecified atom stereocenters. The number of rotatable bonds is 3. The Labute approximate surface area is 132 Å². The van der Waals surface area contributed by atoms with E-state index >= 15 is 0 Å². The zero-order valence-electron chi connectivity index (χ0n) is 13.8. The summed E-state index contributed by atoms with van der Waals surface area (Å²) in [4.78, 5) is 17.0. The van der Waals surface area contributed by atoms with Crippen molar-refractivity contribution in [3.05, 3.63) is 29.3 Å². The number of benzene rings is 1. The molecule has 4 nitrogen and oxygen atoms in total. The Kier molecular flexibility index (Phi) is 3.89. The van der Waals surface area contributed by atoms with Gasteiger partial charge in [-0.3, -0.25) is 4.79 Å². The molecule has 0 saturated carbocycles. The van der Waals surface area contributed by atoms with Crippen LogP contribution in [0.25, 0.3) is 0 Å². The maximum Gasteiger partial charge on any atom is 0.255 e. The highest BCUT2D eigenvalue weighted by molar-refractivity contribution is 6.00. The summed E-state index contributed by atoms with van der Waals surface area (Å²) in [5.41, 5.74) is 2.29. The van der Waals surface area contributed by atoms with E-state index in [1.54, 1.807) is 0 Å². The molecule has 120 valence electrons. The molecule has 22 heavy (non-hydrogen) atoms. The Morgan fingerprint density at radius 3 is 2.45 bits per heavy atom. The van der Waals surface area contributed by atoms with Crippen molar-refractivity contribution >= 4 is 11.6 Å². The van der Waals surface area contributed by atoms with Crippen LogP contribution in [0.3, 0.4) is 0 Å². The third-order valence-electron chi connectivity index (χ3n) is 5.00. The van der Waals surface area contributed by atoms with Crippen molar-refractivity contribution in [1.82, 2.24) is 4.90 Å². The molecule has 3 rings (SSSR count). The van der Waals surface area contributed by atoms with Crippen LogP contribution in [0, 0.1) is 12.8 Å². The molecule has 1 aromatic carbocycles. The first-order chi connectivity index (χ1) is 10.4. The average molecular weight is 302 g/mol. The summed E-state index contributed by atoms with van der Waals surface area (Å²) >= 11 is 0. The van der Waals surface area contributed by atoms with Crippen LogP contribution in [0.5, 0.6) is 0 Å². The highest BCUT2D eigenvalue weighted by Crippen LogP contribution is 2.32. The number of hydrogen-bond acceptors (Lipinski definition) is 3. The van der Waals surface area contributed by atoms with Crippen LogP contribution in [0.1, 0.15) is 42.6 Å². The number of hydrogen-bond donors (Lipinski definition) is 1. The summed E-state index contributed by atoms with van der Waals surface area (Å²) < 4.78 is 0. The van der Waals surface area contributed by atoms with Gasteiger partial charge in [-0.25, -0.2) is 0 Å². The van der Waals surface area contributed by atoms with Crippen molar-refractivity contribution in [2.75, 3.05) is 31.1 Å². The zero-order chi connectivity index (χ0) is 15.9. The molecule has 0 atom stereocenters. The first-order valence-electron chi connectivity index (χ1n) is 8.23. The van der Waals surface area contributed by atoms with Gasteiger partial charge in [-0.2, -0.15) is 0 Å². The molecule has 1 aromatic rings. The topological polar surface area (TPSA) is 43.8 Å². The van der Waals surface area contributed by atoms with Gasteiger partial charge in [0.25, 0.3) is 5.91 Å². The minimum atomic E-state index is -0.707. The van der Waals surface area contributed by atoms with Gasteiger partial charge in [0.2, 0.25) is 0 Å². The van der Waals surface area contributed by atoms with Gasteiger partial charge >= 0.3 is 0 Å². The van der Waals surface area contributed by atoms with Crippen molar-refractivity contribution < 1.29 is 9.90 Å². The summed E-state index contributed by atoms with van der Waals surface area (Å²) in [5.74, 6) is 0.280. The standard InChI is InChI=1S/C18H26N2O2/c1-13-6-7-16(19-8-4-5-9-19)15(10-13)17(21)20-11-14(12-20)18(2,3)22/h6-7,10,14,22H,4-5,8-9,11-12H2,1-3H3. The van der Waals surface area contributed by atoms with Crippen LogP contribution in [0.15, 0.2) is 18.2 Å². The smallest absolute Gasteiger partial charge is 0.255 e. The Morgan fingerprint density at radius 2 is 1.86 bits per heavy atom. The number of carbonyl (C=O) groups excluding carboxylic acids is 1. The lowest BCUT2D eigenvalue weighted by Gasteiger charge is -2.45. The Hall–Kier alpha value is -1.55. The van der Waals surface area contributed by atoms with E-state index in [1.807, 2.05) is 31.7 Å². The molecular weight excluding hydrogens is 276 g/mol. The molecule has 2 aliphatic heterocycles. The molecule has 2 heterocycles. The first kappa shape index (κ1) is 15.3. The molecular formula is C18H26N2O2. The van der Waals surface area contributed by atoms with Gasteiger partial charge in [0.15, 0.2) is 0 Å². The fraction of sp³-hybridized carbons (Fsp3) is 0.611. The molecule has 0 bridgehead atoms. The van der Waals surface area contributed by atoms with E-state index in [-0.39, 0.29) is 11.8 Å². The summed E-state index contributed by atoms with van der Waals surface area (Å²) in [7, 11) is 0. The quantitative estimate of drug-likeness (QED) is 0.932. The SMILES string of the molecule is Cc1ccc(N2CCCC2)c(C(=O)N2CC(C(C)(C)O)C2)c1. The second-order valence-corrected chi connectivity index (χ2v) is 7.28. The second-order valence-electron chi connectivity index (χ2n) is 7.28. The number of aryl methyl sites for hydroxylation is 1. The normalized spacial score (nSPS) is 19.5. The number of carbonyl (C=O) groups is 1. The van der Waals surface area contributed by atoms with Gasteiger partial charge in [-0.05, 0) is 45.7 Å². The highest BCUT2D eigenvalue weighted by Gasteiger charge is 2.40. The Bertz CT molecular complexity index is 565. The third-order valence-corrected chi connectivity index (χ3v) is 5.00. The van der Waals surface area contributed by atoms with Crippen molar-refractivity contribution in [2.45, 2.75) is 39.2 Å². The molecule has 2 aliphatic rings. The van der Waals surface area contributed by atoms with Crippen molar-refractivity contribution in [2.24, 2.45) is 5.92 Å². The number of anilines is 1. The molecule has 0 radical (unpaired) electrons. The Balaban J connectivity index is 1.79. The number of aliphatic hydroxyl groups is 1. The minimum Gasteiger partial charge on any atom is -0.390 e. The third kappa shape index (κ3) is 2.84. The maximum absolute atomic E-state index is 12.8. The lowest BCUT2D eigenvalue weighted by atomic mass is 9.84. The maximum atomic E-state index is 12.8. The van der Waals surface area contributed by atoms with Gasteiger partial charge in [0.05, 0.1) is 11.2 Å². The molecule has 1 amide bonds. The largest absolute Gasteiger partial charge is 0.390 e. The minimum absolute atomic E-state index is 0.103.